The van der Waals surface area contributed by atoms with Crippen molar-refractivity contribution in [1.29, 1.82) is 0 Å². The molecule has 0 radical (unpaired) electrons. The number of ether oxygens (including phenoxy) is 2. The fraction of sp³-hybridized carbons (Fsp3) is 0.250. The first kappa shape index (κ1) is 16.3. The highest BCUT2D eigenvalue weighted by atomic mass is 16.5. The number of nitrogens with one attached hydrogen (secondary N) is 1. The molecule has 0 bridgehead atoms. The summed E-state index contributed by atoms with van der Waals surface area (Å²) in [4.78, 5) is 4.14. The van der Waals surface area contributed by atoms with Gasteiger partial charge in [-0.3, -0.25) is 0 Å². The molecule has 4 heteroatoms. The van der Waals surface area contributed by atoms with Gasteiger partial charge in [0.15, 0.2) is 0 Å². The highest BCUT2D eigenvalue weighted by Gasteiger charge is 2.08. The van der Waals surface area contributed by atoms with Crippen LogP contribution in [-0.4, -0.2) is 24.7 Å². The van der Waals surface area contributed by atoms with E-state index in [1.54, 1.807) is 6.20 Å². The Hall–Kier alpha value is -2.59. The predicted molar refractivity (Wildman–Crippen MR) is 96.6 cm³/mol. The molecule has 0 unspecified atom stereocenters. The molecule has 0 amide bonds. The zero-order valence-corrected chi connectivity index (χ0v) is 13.9. The third-order valence-corrected chi connectivity index (χ3v) is 3.77. The van der Waals surface area contributed by atoms with Gasteiger partial charge >= 0.3 is 0 Å². The molecule has 0 saturated carbocycles. The lowest BCUT2D eigenvalue weighted by Crippen LogP contribution is -2.21. The smallest absolute Gasteiger partial charge is 0.213 e. The van der Waals surface area contributed by atoms with Crippen LogP contribution in [0.2, 0.25) is 0 Å². The Labute approximate surface area is 142 Å². The Bertz CT molecular complexity index is 775. The van der Waals surface area contributed by atoms with Gasteiger partial charge in [-0.05, 0) is 29.8 Å². The van der Waals surface area contributed by atoms with Crippen molar-refractivity contribution in [2.45, 2.75) is 13.5 Å². The molecular weight excluding hydrogens is 300 g/mol. The summed E-state index contributed by atoms with van der Waals surface area (Å²) >= 11 is 0. The molecule has 1 N–H and O–H groups in total. The SMILES string of the molecule is CCOc1ccc2ccccc2c1CNCCOc1ccccn1. The Kier molecular flexibility index (Phi) is 5.64. The van der Waals surface area contributed by atoms with E-state index in [1.807, 2.05) is 31.2 Å². The van der Waals surface area contributed by atoms with Crippen molar-refractivity contribution in [3.8, 4) is 11.6 Å². The number of fused-ring (bicyclic) bond motifs is 1. The molecule has 24 heavy (non-hydrogen) atoms. The lowest BCUT2D eigenvalue weighted by molar-refractivity contribution is 0.300. The third-order valence-electron chi connectivity index (χ3n) is 3.77. The van der Waals surface area contributed by atoms with Gasteiger partial charge in [-0.25, -0.2) is 4.98 Å². The van der Waals surface area contributed by atoms with Crippen LogP contribution >= 0.6 is 0 Å². The number of pyridine rings is 1. The first-order valence-electron chi connectivity index (χ1n) is 8.26. The van der Waals surface area contributed by atoms with Gasteiger partial charge in [-0.1, -0.05) is 36.4 Å². The van der Waals surface area contributed by atoms with Crippen LogP contribution in [0.3, 0.4) is 0 Å². The Morgan fingerprint density at radius 1 is 0.958 bits per heavy atom. The molecule has 2 aromatic carbocycles. The lowest BCUT2D eigenvalue weighted by atomic mass is 10.0. The molecule has 3 rings (SSSR count). The molecule has 3 aromatic rings. The fourth-order valence-electron chi connectivity index (χ4n) is 2.66. The summed E-state index contributed by atoms with van der Waals surface area (Å²) in [5, 5.41) is 5.88. The van der Waals surface area contributed by atoms with Gasteiger partial charge in [0.2, 0.25) is 5.88 Å². The molecule has 0 atom stereocenters. The quantitative estimate of drug-likeness (QED) is 0.641. The maximum atomic E-state index is 5.79. The molecular formula is C20H22N2O2. The zero-order chi connectivity index (χ0) is 16.6. The van der Waals surface area contributed by atoms with E-state index in [9.17, 15) is 0 Å². The van der Waals surface area contributed by atoms with Crippen molar-refractivity contribution in [3.05, 3.63) is 66.4 Å². The number of hydrogen-bond acceptors (Lipinski definition) is 4. The molecule has 0 fully saturated rings. The first-order valence-corrected chi connectivity index (χ1v) is 8.26. The second-order valence-electron chi connectivity index (χ2n) is 5.39. The van der Waals surface area contributed by atoms with Gasteiger partial charge in [0.05, 0.1) is 6.61 Å². The summed E-state index contributed by atoms with van der Waals surface area (Å²) in [7, 11) is 0. The Balaban J connectivity index is 1.62. The summed E-state index contributed by atoms with van der Waals surface area (Å²) in [5.74, 6) is 1.59. The van der Waals surface area contributed by atoms with E-state index in [0.29, 0.717) is 19.1 Å². The van der Waals surface area contributed by atoms with Crippen LogP contribution in [0.5, 0.6) is 11.6 Å². The van der Waals surface area contributed by atoms with Crippen molar-refractivity contribution in [1.82, 2.24) is 10.3 Å². The second-order valence-corrected chi connectivity index (χ2v) is 5.39. The fourth-order valence-corrected chi connectivity index (χ4v) is 2.66. The van der Waals surface area contributed by atoms with Crippen molar-refractivity contribution in [3.63, 3.8) is 0 Å². The van der Waals surface area contributed by atoms with E-state index in [0.717, 1.165) is 18.8 Å². The van der Waals surface area contributed by atoms with Gasteiger partial charge in [0.1, 0.15) is 12.4 Å². The van der Waals surface area contributed by atoms with E-state index in [-0.39, 0.29) is 0 Å². The topological polar surface area (TPSA) is 43.4 Å². The Morgan fingerprint density at radius 2 is 1.83 bits per heavy atom. The standard InChI is InChI=1S/C20H22N2O2/c1-2-23-19-11-10-16-7-3-4-8-17(16)18(19)15-21-13-14-24-20-9-5-6-12-22-20/h3-12,21H,2,13-15H2,1H3. The van der Waals surface area contributed by atoms with Gasteiger partial charge < -0.3 is 14.8 Å². The number of benzene rings is 2. The summed E-state index contributed by atoms with van der Waals surface area (Å²) < 4.78 is 11.4. The summed E-state index contributed by atoms with van der Waals surface area (Å²) in [6.45, 7) is 4.72. The molecule has 1 heterocycles. The molecule has 0 saturated heterocycles. The van der Waals surface area contributed by atoms with Gasteiger partial charge in [-0.2, -0.15) is 0 Å². The van der Waals surface area contributed by atoms with Gasteiger partial charge in [0.25, 0.3) is 0 Å². The highest BCUT2D eigenvalue weighted by molar-refractivity contribution is 5.87. The molecule has 1 aromatic heterocycles. The predicted octanol–water partition coefficient (Wildman–Crippen LogP) is 3.80. The van der Waals surface area contributed by atoms with Crippen LogP contribution in [0.25, 0.3) is 10.8 Å². The normalized spacial score (nSPS) is 10.7. The van der Waals surface area contributed by atoms with Crippen LogP contribution in [0.4, 0.5) is 0 Å². The van der Waals surface area contributed by atoms with E-state index >= 15 is 0 Å². The molecule has 4 nitrogen and oxygen atoms in total. The van der Waals surface area contributed by atoms with Crippen LogP contribution in [0.15, 0.2) is 60.8 Å². The maximum Gasteiger partial charge on any atom is 0.213 e. The summed E-state index contributed by atoms with van der Waals surface area (Å²) in [6.07, 6.45) is 1.73. The number of aromatic nitrogens is 1. The minimum absolute atomic E-state index is 0.575. The molecule has 124 valence electrons. The van der Waals surface area contributed by atoms with E-state index in [4.69, 9.17) is 9.47 Å². The summed E-state index contributed by atoms with van der Waals surface area (Å²) in [5.41, 5.74) is 1.19. The molecule has 0 aliphatic carbocycles. The average Bonchev–Trinajstić information content (AvgIpc) is 2.64. The first-order chi connectivity index (χ1) is 11.9. The van der Waals surface area contributed by atoms with Crippen molar-refractivity contribution < 1.29 is 9.47 Å². The monoisotopic (exact) mass is 322 g/mol. The van der Waals surface area contributed by atoms with Crippen LogP contribution < -0.4 is 14.8 Å². The minimum atomic E-state index is 0.575. The largest absolute Gasteiger partial charge is 0.494 e. The van der Waals surface area contributed by atoms with Crippen LogP contribution in [0.1, 0.15) is 12.5 Å². The van der Waals surface area contributed by atoms with E-state index in [2.05, 4.69) is 40.6 Å². The number of hydrogen-bond donors (Lipinski definition) is 1. The van der Waals surface area contributed by atoms with Crippen molar-refractivity contribution in [2.75, 3.05) is 19.8 Å². The van der Waals surface area contributed by atoms with Gasteiger partial charge in [-0.15, -0.1) is 0 Å². The van der Waals surface area contributed by atoms with Crippen molar-refractivity contribution in [2.24, 2.45) is 0 Å². The molecule has 0 aliphatic rings. The average molecular weight is 322 g/mol. The van der Waals surface area contributed by atoms with Gasteiger partial charge in [0, 0.05) is 30.9 Å². The second kappa shape index (κ2) is 8.31. The zero-order valence-electron chi connectivity index (χ0n) is 13.9. The minimum Gasteiger partial charge on any atom is -0.494 e. The lowest BCUT2D eigenvalue weighted by Gasteiger charge is -2.14. The Morgan fingerprint density at radius 3 is 2.67 bits per heavy atom. The van der Waals surface area contributed by atoms with E-state index < -0.39 is 0 Å². The number of nitrogens with zero attached hydrogens (tertiary/aromatic N) is 1. The van der Waals surface area contributed by atoms with Crippen molar-refractivity contribution >= 4 is 10.8 Å². The molecule has 0 aliphatic heterocycles. The molecule has 0 spiro atoms. The number of rotatable bonds is 8. The van der Waals surface area contributed by atoms with E-state index in [1.165, 1.54) is 16.3 Å². The van der Waals surface area contributed by atoms with Crippen LogP contribution in [-0.2, 0) is 6.54 Å². The highest BCUT2D eigenvalue weighted by Crippen LogP contribution is 2.28. The van der Waals surface area contributed by atoms with Crippen LogP contribution in [0, 0.1) is 0 Å². The maximum absolute atomic E-state index is 5.79. The summed E-state index contributed by atoms with van der Waals surface area (Å²) in [6, 6.07) is 18.2. The third kappa shape index (κ3) is 4.03.